The van der Waals surface area contributed by atoms with E-state index >= 15 is 0 Å². The maximum atomic E-state index is 11.3. The van der Waals surface area contributed by atoms with Crippen LogP contribution in [0.5, 0.6) is 0 Å². The molecule has 3 rings (SSSR count). The van der Waals surface area contributed by atoms with Gasteiger partial charge in [-0.05, 0) is 44.9 Å². The quantitative estimate of drug-likeness (QED) is 0.761. The SMILES string of the molecule is CC(=O)c1ccc(N2CCCN3CCCC3C2)nc1. The van der Waals surface area contributed by atoms with Gasteiger partial charge in [-0.15, -0.1) is 0 Å². The molecule has 1 aromatic rings. The molecular formula is C15H21N3O. The van der Waals surface area contributed by atoms with Gasteiger partial charge in [0.15, 0.2) is 5.78 Å². The fourth-order valence-electron chi connectivity index (χ4n) is 3.20. The molecule has 102 valence electrons. The number of ketones is 1. The molecule has 0 bridgehead atoms. The second-order valence-corrected chi connectivity index (χ2v) is 5.59. The van der Waals surface area contributed by atoms with Crippen LogP contribution in [0.2, 0.25) is 0 Å². The fourth-order valence-corrected chi connectivity index (χ4v) is 3.20. The number of carbonyl (C=O) groups is 1. The normalized spacial score (nSPS) is 24.1. The third-order valence-corrected chi connectivity index (χ3v) is 4.28. The third-order valence-electron chi connectivity index (χ3n) is 4.28. The number of carbonyl (C=O) groups excluding carboxylic acids is 1. The van der Waals surface area contributed by atoms with Gasteiger partial charge >= 0.3 is 0 Å². The first-order valence-corrected chi connectivity index (χ1v) is 7.20. The summed E-state index contributed by atoms with van der Waals surface area (Å²) in [5.41, 5.74) is 0.695. The Kier molecular flexibility index (Phi) is 3.51. The van der Waals surface area contributed by atoms with Crippen molar-refractivity contribution in [3.63, 3.8) is 0 Å². The van der Waals surface area contributed by atoms with Crippen molar-refractivity contribution in [3.8, 4) is 0 Å². The van der Waals surface area contributed by atoms with Crippen molar-refractivity contribution in [2.45, 2.75) is 32.2 Å². The first kappa shape index (κ1) is 12.6. The van der Waals surface area contributed by atoms with Crippen molar-refractivity contribution in [1.82, 2.24) is 9.88 Å². The van der Waals surface area contributed by atoms with Gasteiger partial charge in [0.1, 0.15) is 5.82 Å². The molecule has 0 amide bonds. The largest absolute Gasteiger partial charge is 0.355 e. The lowest BCUT2D eigenvalue weighted by atomic mass is 10.2. The van der Waals surface area contributed by atoms with E-state index in [9.17, 15) is 4.79 Å². The summed E-state index contributed by atoms with van der Waals surface area (Å²) in [6, 6.07) is 4.57. The molecule has 19 heavy (non-hydrogen) atoms. The zero-order valence-electron chi connectivity index (χ0n) is 11.5. The highest BCUT2D eigenvalue weighted by molar-refractivity contribution is 5.93. The molecule has 0 spiro atoms. The van der Waals surface area contributed by atoms with Crippen molar-refractivity contribution in [3.05, 3.63) is 23.9 Å². The lowest BCUT2D eigenvalue weighted by Gasteiger charge is -2.26. The minimum absolute atomic E-state index is 0.0804. The summed E-state index contributed by atoms with van der Waals surface area (Å²) >= 11 is 0. The van der Waals surface area contributed by atoms with Gasteiger partial charge in [0.2, 0.25) is 0 Å². The number of hydrogen-bond acceptors (Lipinski definition) is 4. The van der Waals surface area contributed by atoms with E-state index in [0.29, 0.717) is 11.6 Å². The summed E-state index contributed by atoms with van der Waals surface area (Å²) in [7, 11) is 0. The number of anilines is 1. The van der Waals surface area contributed by atoms with Crippen LogP contribution in [-0.2, 0) is 0 Å². The van der Waals surface area contributed by atoms with Gasteiger partial charge in [0.05, 0.1) is 0 Å². The fraction of sp³-hybridized carbons (Fsp3) is 0.600. The Morgan fingerprint density at radius 1 is 1.26 bits per heavy atom. The van der Waals surface area contributed by atoms with E-state index in [0.717, 1.165) is 18.9 Å². The molecule has 0 aliphatic carbocycles. The summed E-state index contributed by atoms with van der Waals surface area (Å²) < 4.78 is 0. The van der Waals surface area contributed by atoms with E-state index < -0.39 is 0 Å². The average Bonchev–Trinajstić information content (AvgIpc) is 2.76. The van der Waals surface area contributed by atoms with Crippen LogP contribution in [0.3, 0.4) is 0 Å². The maximum absolute atomic E-state index is 11.3. The number of pyridine rings is 1. The molecular weight excluding hydrogens is 238 g/mol. The van der Waals surface area contributed by atoms with Gasteiger partial charge in [0.25, 0.3) is 0 Å². The molecule has 0 saturated carbocycles. The van der Waals surface area contributed by atoms with Crippen LogP contribution in [0.15, 0.2) is 18.3 Å². The number of aromatic nitrogens is 1. The number of fused-ring (bicyclic) bond motifs is 1. The molecule has 1 aromatic heterocycles. The molecule has 2 fully saturated rings. The molecule has 2 aliphatic heterocycles. The molecule has 4 heteroatoms. The van der Waals surface area contributed by atoms with E-state index in [2.05, 4.69) is 14.8 Å². The summed E-state index contributed by atoms with van der Waals surface area (Å²) in [6.45, 7) is 6.20. The topological polar surface area (TPSA) is 36.4 Å². The number of nitrogens with zero attached hydrogens (tertiary/aromatic N) is 3. The third kappa shape index (κ3) is 2.63. The van der Waals surface area contributed by atoms with Gasteiger partial charge < -0.3 is 4.90 Å². The Hall–Kier alpha value is -1.42. The predicted octanol–water partition coefficient (Wildman–Crippen LogP) is 1.96. The maximum Gasteiger partial charge on any atom is 0.161 e. The van der Waals surface area contributed by atoms with Crippen LogP contribution in [0.4, 0.5) is 5.82 Å². The van der Waals surface area contributed by atoms with E-state index in [4.69, 9.17) is 0 Å². The summed E-state index contributed by atoms with van der Waals surface area (Å²) in [5, 5.41) is 0. The Labute approximate surface area is 114 Å². The molecule has 1 atom stereocenters. The van der Waals surface area contributed by atoms with Gasteiger partial charge in [-0.3, -0.25) is 9.69 Å². The minimum Gasteiger partial charge on any atom is -0.355 e. The summed E-state index contributed by atoms with van der Waals surface area (Å²) in [5.74, 6) is 1.09. The highest BCUT2D eigenvalue weighted by Crippen LogP contribution is 2.24. The number of hydrogen-bond donors (Lipinski definition) is 0. The van der Waals surface area contributed by atoms with Gasteiger partial charge in [-0.2, -0.15) is 0 Å². The van der Waals surface area contributed by atoms with Gasteiger partial charge in [-0.25, -0.2) is 4.98 Å². The van der Waals surface area contributed by atoms with E-state index in [-0.39, 0.29) is 5.78 Å². The first-order valence-electron chi connectivity index (χ1n) is 7.20. The van der Waals surface area contributed by atoms with Crippen molar-refractivity contribution in [2.24, 2.45) is 0 Å². The zero-order chi connectivity index (χ0) is 13.2. The predicted molar refractivity (Wildman–Crippen MR) is 75.7 cm³/mol. The minimum atomic E-state index is 0.0804. The molecule has 4 nitrogen and oxygen atoms in total. The second kappa shape index (κ2) is 5.29. The lowest BCUT2D eigenvalue weighted by molar-refractivity contribution is 0.101. The first-order chi connectivity index (χ1) is 9.24. The van der Waals surface area contributed by atoms with Crippen LogP contribution >= 0.6 is 0 Å². The molecule has 3 heterocycles. The summed E-state index contributed by atoms with van der Waals surface area (Å²) in [6.07, 6.45) is 5.54. The molecule has 2 saturated heterocycles. The Bertz CT molecular complexity index is 457. The molecule has 0 N–H and O–H groups in total. The van der Waals surface area contributed by atoms with Crippen molar-refractivity contribution in [2.75, 3.05) is 31.1 Å². The lowest BCUT2D eigenvalue weighted by Crippen LogP contribution is -2.36. The summed E-state index contributed by atoms with van der Waals surface area (Å²) in [4.78, 5) is 20.7. The van der Waals surface area contributed by atoms with Crippen LogP contribution in [0.25, 0.3) is 0 Å². The molecule has 0 aromatic carbocycles. The average molecular weight is 259 g/mol. The van der Waals surface area contributed by atoms with Crippen molar-refractivity contribution >= 4 is 11.6 Å². The van der Waals surface area contributed by atoms with E-state index in [1.54, 1.807) is 13.1 Å². The van der Waals surface area contributed by atoms with E-state index in [1.165, 1.54) is 32.4 Å². The highest BCUT2D eigenvalue weighted by atomic mass is 16.1. The molecule has 1 unspecified atom stereocenters. The smallest absolute Gasteiger partial charge is 0.161 e. The monoisotopic (exact) mass is 259 g/mol. The van der Waals surface area contributed by atoms with Crippen LogP contribution in [0.1, 0.15) is 36.5 Å². The van der Waals surface area contributed by atoms with Gasteiger partial charge in [0, 0.05) is 37.4 Å². The standard InChI is InChI=1S/C15H21N3O/c1-12(19)13-5-6-15(16-10-13)18-9-3-8-17-7-2-4-14(17)11-18/h5-6,10,14H,2-4,7-9,11H2,1H3. The van der Waals surface area contributed by atoms with Gasteiger partial charge in [-0.1, -0.05) is 0 Å². The number of rotatable bonds is 2. The van der Waals surface area contributed by atoms with Crippen LogP contribution in [-0.4, -0.2) is 47.9 Å². The Morgan fingerprint density at radius 3 is 2.84 bits per heavy atom. The number of Topliss-reactive ketones (excluding diaryl/α,β-unsaturated/α-hetero) is 1. The second-order valence-electron chi connectivity index (χ2n) is 5.59. The van der Waals surface area contributed by atoms with Crippen LogP contribution < -0.4 is 4.90 Å². The zero-order valence-corrected chi connectivity index (χ0v) is 11.5. The highest BCUT2D eigenvalue weighted by Gasteiger charge is 2.29. The molecule has 2 aliphatic rings. The van der Waals surface area contributed by atoms with Crippen LogP contribution in [0, 0.1) is 0 Å². The molecule has 0 radical (unpaired) electrons. The van der Waals surface area contributed by atoms with Crippen molar-refractivity contribution in [1.29, 1.82) is 0 Å². The Balaban J connectivity index is 1.75. The van der Waals surface area contributed by atoms with E-state index in [1.807, 2.05) is 12.1 Å². The Morgan fingerprint density at radius 2 is 2.11 bits per heavy atom. The van der Waals surface area contributed by atoms with Crippen molar-refractivity contribution < 1.29 is 4.79 Å².